The fourth-order valence-electron chi connectivity index (χ4n) is 4.46. The van der Waals surface area contributed by atoms with Gasteiger partial charge >= 0.3 is 0 Å². The summed E-state index contributed by atoms with van der Waals surface area (Å²) in [5.74, 6) is 0.567. The Labute approximate surface area is 192 Å². The van der Waals surface area contributed by atoms with Crippen molar-refractivity contribution < 1.29 is 13.9 Å². The van der Waals surface area contributed by atoms with Crippen molar-refractivity contribution in [3.05, 3.63) is 110 Å². The first-order chi connectivity index (χ1) is 15.9. The van der Waals surface area contributed by atoms with Crippen LogP contribution in [0.15, 0.2) is 69.9 Å². The first-order valence-electron chi connectivity index (χ1n) is 11.0. The van der Waals surface area contributed by atoms with Gasteiger partial charge in [0.2, 0.25) is 5.76 Å². The normalized spacial score (nSPS) is 15.2. The summed E-state index contributed by atoms with van der Waals surface area (Å²) in [6.07, 6.45) is 0. The minimum absolute atomic E-state index is 0.128. The Morgan fingerprint density at radius 2 is 1.58 bits per heavy atom. The third-order valence-corrected chi connectivity index (χ3v) is 6.49. The van der Waals surface area contributed by atoms with Gasteiger partial charge in [-0.05, 0) is 67.3 Å². The first kappa shape index (κ1) is 21.0. The van der Waals surface area contributed by atoms with E-state index in [0.717, 1.165) is 27.8 Å². The zero-order valence-electron chi connectivity index (χ0n) is 19.1. The maximum absolute atomic E-state index is 13.7. The molecule has 5 rings (SSSR count). The number of benzene rings is 3. The number of ether oxygens (including phenoxy) is 1. The summed E-state index contributed by atoms with van der Waals surface area (Å²) in [5, 5.41) is 0.500. The van der Waals surface area contributed by atoms with Crippen LogP contribution in [0, 0.1) is 20.8 Å². The Balaban J connectivity index is 1.71. The van der Waals surface area contributed by atoms with Crippen molar-refractivity contribution in [1.82, 2.24) is 4.90 Å². The summed E-state index contributed by atoms with van der Waals surface area (Å²) < 4.78 is 11.4. The van der Waals surface area contributed by atoms with Gasteiger partial charge < -0.3 is 14.1 Å². The molecule has 166 valence electrons. The molecule has 1 aliphatic rings. The number of amides is 1. The third-order valence-electron chi connectivity index (χ3n) is 6.49. The molecular formula is C28H25NO4. The van der Waals surface area contributed by atoms with E-state index in [-0.39, 0.29) is 17.1 Å². The first-order valence-corrected chi connectivity index (χ1v) is 11.0. The Hall–Kier alpha value is -3.86. The number of aryl methyl sites for hydroxylation is 3. The summed E-state index contributed by atoms with van der Waals surface area (Å²) in [6, 6.07) is 18.7. The lowest BCUT2D eigenvalue weighted by Gasteiger charge is -2.25. The SMILES string of the molecule is COc1ccc([C@H]2c3c(oc4cc(C)c(C)cc4c3=O)C(=O)N2Cc2ccc(C)cc2)cc1. The molecule has 0 spiro atoms. The van der Waals surface area contributed by atoms with Gasteiger partial charge in [0.15, 0.2) is 5.43 Å². The number of fused-ring (bicyclic) bond motifs is 2. The van der Waals surface area contributed by atoms with Crippen molar-refractivity contribution in [3.8, 4) is 5.75 Å². The van der Waals surface area contributed by atoms with Crippen LogP contribution in [-0.2, 0) is 6.54 Å². The Bertz CT molecular complexity index is 1430. The maximum atomic E-state index is 13.7. The van der Waals surface area contributed by atoms with Crippen molar-refractivity contribution in [2.24, 2.45) is 0 Å². The fourth-order valence-corrected chi connectivity index (χ4v) is 4.46. The molecule has 3 aromatic carbocycles. The lowest BCUT2D eigenvalue weighted by Crippen LogP contribution is -2.29. The van der Waals surface area contributed by atoms with Gasteiger partial charge in [0.1, 0.15) is 11.3 Å². The van der Waals surface area contributed by atoms with Gasteiger partial charge in [-0.2, -0.15) is 0 Å². The molecule has 1 atom stereocenters. The van der Waals surface area contributed by atoms with Crippen LogP contribution < -0.4 is 10.2 Å². The van der Waals surface area contributed by atoms with Gasteiger partial charge in [-0.25, -0.2) is 0 Å². The second kappa shape index (κ2) is 7.93. The highest BCUT2D eigenvalue weighted by Crippen LogP contribution is 2.39. The van der Waals surface area contributed by atoms with Crippen molar-refractivity contribution in [3.63, 3.8) is 0 Å². The highest BCUT2D eigenvalue weighted by Gasteiger charge is 2.42. The molecule has 5 heteroatoms. The van der Waals surface area contributed by atoms with Crippen molar-refractivity contribution in [2.45, 2.75) is 33.4 Å². The van der Waals surface area contributed by atoms with E-state index in [0.29, 0.717) is 28.8 Å². The summed E-state index contributed by atoms with van der Waals surface area (Å²) in [7, 11) is 1.61. The van der Waals surface area contributed by atoms with Gasteiger partial charge in [0, 0.05) is 6.54 Å². The van der Waals surface area contributed by atoms with E-state index < -0.39 is 6.04 Å². The van der Waals surface area contributed by atoms with Crippen molar-refractivity contribution in [1.29, 1.82) is 0 Å². The van der Waals surface area contributed by atoms with E-state index in [1.165, 1.54) is 0 Å². The van der Waals surface area contributed by atoms with E-state index in [4.69, 9.17) is 9.15 Å². The largest absolute Gasteiger partial charge is 0.497 e. The van der Waals surface area contributed by atoms with Gasteiger partial charge in [0.25, 0.3) is 5.91 Å². The predicted octanol–water partition coefficient (Wildman–Crippen LogP) is 5.47. The number of nitrogens with zero attached hydrogens (tertiary/aromatic N) is 1. The van der Waals surface area contributed by atoms with Gasteiger partial charge in [-0.3, -0.25) is 9.59 Å². The second-order valence-electron chi connectivity index (χ2n) is 8.70. The van der Waals surface area contributed by atoms with Crippen LogP contribution in [0.3, 0.4) is 0 Å². The van der Waals surface area contributed by atoms with E-state index >= 15 is 0 Å². The molecule has 33 heavy (non-hydrogen) atoms. The topological polar surface area (TPSA) is 59.8 Å². The zero-order chi connectivity index (χ0) is 23.3. The Morgan fingerprint density at radius 1 is 0.909 bits per heavy atom. The molecule has 0 fully saturated rings. The predicted molar refractivity (Wildman–Crippen MR) is 128 cm³/mol. The average molecular weight is 440 g/mol. The number of hydrogen-bond acceptors (Lipinski definition) is 4. The van der Waals surface area contributed by atoms with Gasteiger partial charge in [-0.15, -0.1) is 0 Å². The molecule has 2 heterocycles. The highest BCUT2D eigenvalue weighted by atomic mass is 16.5. The average Bonchev–Trinajstić information content (AvgIpc) is 3.08. The molecule has 5 nitrogen and oxygen atoms in total. The van der Waals surface area contributed by atoms with Crippen LogP contribution >= 0.6 is 0 Å². The summed E-state index contributed by atoms with van der Waals surface area (Å²) in [4.78, 5) is 29.0. The third kappa shape index (κ3) is 3.50. The van der Waals surface area contributed by atoms with Crippen LogP contribution in [0.2, 0.25) is 0 Å². The minimum atomic E-state index is -0.540. The minimum Gasteiger partial charge on any atom is -0.497 e. The van der Waals surface area contributed by atoms with Crippen molar-refractivity contribution >= 4 is 16.9 Å². The zero-order valence-corrected chi connectivity index (χ0v) is 19.1. The molecule has 0 N–H and O–H groups in total. The summed E-state index contributed by atoms with van der Waals surface area (Å²) in [6.45, 7) is 6.33. The maximum Gasteiger partial charge on any atom is 0.291 e. The van der Waals surface area contributed by atoms with Gasteiger partial charge in [-0.1, -0.05) is 42.0 Å². The van der Waals surface area contributed by atoms with Crippen LogP contribution in [0.25, 0.3) is 11.0 Å². The van der Waals surface area contributed by atoms with Gasteiger partial charge in [0.05, 0.1) is 24.1 Å². The van der Waals surface area contributed by atoms with E-state index in [1.54, 1.807) is 12.0 Å². The molecule has 4 aromatic rings. The lowest BCUT2D eigenvalue weighted by atomic mass is 9.97. The lowest BCUT2D eigenvalue weighted by molar-refractivity contribution is 0.0714. The van der Waals surface area contributed by atoms with Crippen LogP contribution in [0.4, 0.5) is 0 Å². The monoisotopic (exact) mass is 439 g/mol. The van der Waals surface area contributed by atoms with Crippen LogP contribution in [0.5, 0.6) is 5.75 Å². The molecule has 1 aliphatic heterocycles. The molecular weight excluding hydrogens is 414 g/mol. The number of carbonyl (C=O) groups excluding carboxylic acids is 1. The fraction of sp³-hybridized carbons (Fsp3) is 0.214. The molecule has 1 aromatic heterocycles. The van der Waals surface area contributed by atoms with E-state index in [2.05, 4.69) is 0 Å². The number of methoxy groups -OCH3 is 1. The standard InChI is InChI=1S/C28H25NO4/c1-16-5-7-19(8-6-16)15-29-25(20-9-11-21(32-4)12-10-20)24-26(30)22-13-17(2)18(3)14-23(22)33-27(24)28(29)31/h5-14,25H,15H2,1-4H3/t25-/m0/s1. The smallest absolute Gasteiger partial charge is 0.291 e. The number of rotatable bonds is 4. The van der Waals surface area contributed by atoms with Crippen LogP contribution in [0.1, 0.15) is 50.0 Å². The molecule has 0 saturated carbocycles. The number of hydrogen-bond donors (Lipinski definition) is 0. The second-order valence-corrected chi connectivity index (χ2v) is 8.70. The van der Waals surface area contributed by atoms with Crippen molar-refractivity contribution in [2.75, 3.05) is 7.11 Å². The molecule has 0 radical (unpaired) electrons. The summed E-state index contributed by atoms with van der Waals surface area (Å²) >= 11 is 0. The Morgan fingerprint density at radius 3 is 2.24 bits per heavy atom. The summed E-state index contributed by atoms with van der Waals surface area (Å²) in [5.41, 5.74) is 5.68. The van der Waals surface area contributed by atoms with Crippen LogP contribution in [-0.4, -0.2) is 17.9 Å². The van der Waals surface area contributed by atoms with E-state index in [1.807, 2.05) is 81.4 Å². The van der Waals surface area contributed by atoms with E-state index in [9.17, 15) is 9.59 Å². The number of carbonyl (C=O) groups is 1. The molecule has 0 bridgehead atoms. The highest BCUT2D eigenvalue weighted by molar-refractivity contribution is 5.99. The molecule has 0 aliphatic carbocycles. The quantitative estimate of drug-likeness (QED) is 0.423. The molecule has 0 unspecified atom stereocenters. The Kier molecular flexibility index (Phi) is 5.05. The molecule has 1 amide bonds. The molecule has 0 saturated heterocycles.